The van der Waals surface area contributed by atoms with Crippen LogP contribution in [0.1, 0.15) is 51.9 Å². The zero-order valence-electron chi connectivity index (χ0n) is 23.9. The molecule has 222 valence electrons. The van der Waals surface area contributed by atoms with E-state index in [1.54, 1.807) is 24.4 Å². The Hall–Kier alpha value is -4.40. The minimum absolute atomic E-state index is 0.142. The summed E-state index contributed by atoms with van der Waals surface area (Å²) in [6.45, 7) is 3.20. The molecule has 0 spiro atoms. The summed E-state index contributed by atoms with van der Waals surface area (Å²) in [6.07, 6.45) is 4.86. The summed E-state index contributed by atoms with van der Waals surface area (Å²) in [5.74, 6) is -0.232. The van der Waals surface area contributed by atoms with E-state index in [1.165, 1.54) is 6.20 Å². The van der Waals surface area contributed by atoms with E-state index in [4.69, 9.17) is 21.1 Å². The molecule has 0 saturated carbocycles. The van der Waals surface area contributed by atoms with Crippen molar-refractivity contribution in [3.8, 4) is 22.6 Å². The third kappa shape index (κ3) is 7.71. The first-order chi connectivity index (χ1) is 20.9. The number of pyridine rings is 1. The Bertz CT molecular complexity index is 1590. The Balaban J connectivity index is 1.41. The molecule has 0 fully saturated rings. The summed E-state index contributed by atoms with van der Waals surface area (Å²) < 4.78 is 12.4. The fourth-order valence-corrected chi connectivity index (χ4v) is 5.30. The highest BCUT2D eigenvalue weighted by atomic mass is 35.5. The van der Waals surface area contributed by atoms with E-state index in [0.29, 0.717) is 65.6 Å². The van der Waals surface area contributed by atoms with Gasteiger partial charge in [0.1, 0.15) is 30.8 Å². The molecule has 8 nitrogen and oxygen atoms in total. The lowest BCUT2D eigenvalue weighted by Crippen LogP contribution is -2.36. The monoisotopic (exact) mass is 599 g/mol. The van der Waals surface area contributed by atoms with Gasteiger partial charge in [0.25, 0.3) is 5.91 Å². The maximum atomic E-state index is 12.6. The highest BCUT2D eigenvalue weighted by Crippen LogP contribution is 2.35. The lowest BCUT2D eigenvalue weighted by molar-refractivity contribution is -0.139. The minimum Gasteiger partial charge on any atom is -0.488 e. The van der Waals surface area contributed by atoms with Crippen molar-refractivity contribution in [1.29, 1.82) is 0 Å². The summed E-state index contributed by atoms with van der Waals surface area (Å²) in [5, 5.41) is 16.2. The molecule has 5 rings (SSSR count). The SMILES string of the molecule is Cc1c(COc2cc3c(cc2Cl)CN[C@@H](C(=O)O)CCCCNC(=O)c2cncc(c2)CO3)cccc1-c1ccccc1. The summed E-state index contributed by atoms with van der Waals surface area (Å²) >= 11 is 6.70. The number of fused-ring (bicyclic) bond motifs is 3. The summed E-state index contributed by atoms with van der Waals surface area (Å²) in [7, 11) is 0. The summed E-state index contributed by atoms with van der Waals surface area (Å²) in [4.78, 5) is 28.8. The van der Waals surface area contributed by atoms with E-state index in [-0.39, 0.29) is 19.1 Å². The van der Waals surface area contributed by atoms with Crippen molar-refractivity contribution in [3.05, 3.63) is 112 Å². The van der Waals surface area contributed by atoms with Crippen LogP contribution in [0.3, 0.4) is 0 Å². The number of amides is 1. The molecule has 1 aliphatic rings. The summed E-state index contributed by atoms with van der Waals surface area (Å²) in [5.41, 5.74) is 6.26. The highest BCUT2D eigenvalue weighted by Gasteiger charge is 2.20. The van der Waals surface area contributed by atoms with Crippen molar-refractivity contribution >= 4 is 23.5 Å². The zero-order valence-corrected chi connectivity index (χ0v) is 24.7. The maximum absolute atomic E-state index is 12.6. The van der Waals surface area contributed by atoms with Crippen LogP contribution in [-0.2, 0) is 24.6 Å². The largest absolute Gasteiger partial charge is 0.488 e. The van der Waals surface area contributed by atoms with E-state index in [1.807, 2.05) is 30.3 Å². The van der Waals surface area contributed by atoms with Crippen molar-refractivity contribution in [1.82, 2.24) is 15.6 Å². The van der Waals surface area contributed by atoms with Crippen LogP contribution in [0.15, 0.2) is 79.1 Å². The second-order valence-corrected chi connectivity index (χ2v) is 10.9. The molecule has 0 radical (unpaired) electrons. The number of carbonyl (C=O) groups excluding carboxylic acids is 1. The van der Waals surface area contributed by atoms with Crippen LogP contribution in [0.25, 0.3) is 11.1 Å². The third-order valence-corrected chi connectivity index (χ3v) is 7.82. The van der Waals surface area contributed by atoms with Crippen molar-refractivity contribution in [3.63, 3.8) is 0 Å². The molecule has 43 heavy (non-hydrogen) atoms. The van der Waals surface area contributed by atoms with Gasteiger partial charge in [-0.1, -0.05) is 60.1 Å². The molecule has 1 amide bonds. The van der Waals surface area contributed by atoms with Crippen LogP contribution in [0, 0.1) is 6.92 Å². The average Bonchev–Trinajstić information content (AvgIpc) is 3.01. The van der Waals surface area contributed by atoms with E-state index in [0.717, 1.165) is 22.3 Å². The van der Waals surface area contributed by atoms with Crippen molar-refractivity contribution in [2.24, 2.45) is 0 Å². The van der Waals surface area contributed by atoms with Gasteiger partial charge in [0.05, 0.1) is 10.6 Å². The molecule has 0 saturated heterocycles. The summed E-state index contributed by atoms with van der Waals surface area (Å²) in [6, 6.07) is 20.8. The number of halogens is 1. The molecular weight excluding hydrogens is 566 g/mol. The zero-order chi connectivity index (χ0) is 30.2. The van der Waals surface area contributed by atoms with E-state index >= 15 is 0 Å². The Labute approximate surface area is 256 Å². The molecule has 2 bridgehead atoms. The average molecular weight is 600 g/mol. The van der Waals surface area contributed by atoms with Gasteiger partial charge in [-0.25, -0.2) is 0 Å². The minimum atomic E-state index is -0.937. The number of ether oxygens (including phenoxy) is 2. The standard InChI is InChI=1S/C34H34ClN3O5/c1-22-25(10-7-11-28(22)24-8-3-2-4-9-24)21-43-32-16-31-26(15-29(32)35)19-38-30(34(40)41)12-5-6-13-37-33(39)27-14-23(20-42-31)17-36-18-27/h2-4,7-11,14-18,30,38H,5-6,12-13,19-21H2,1H3,(H,37,39)(H,40,41)/t30-/m1/s1. The Morgan fingerprint density at radius 1 is 1.07 bits per heavy atom. The van der Waals surface area contributed by atoms with E-state index < -0.39 is 12.0 Å². The number of benzene rings is 3. The fraction of sp³-hybridized carbons (Fsp3) is 0.265. The molecule has 3 N–H and O–H groups in total. The number of nitrogens with zero attached hydrogens (tertiary/aromatic N) is 1. The number of hydrogen-bond donors (Lipinski definition) is 3. The lowest BCUT2D eigenvalue weighted by atomic mass is 9.97. The van der Waals surface area contributed by atoms with Gasteiger partial charge in [-0.15, -0.1) is 0 Å². The van der Waals surface area contributed by atoms with Gasteiger partial charge in [-0.3, -0.25) is 14.6 Å². The number of aromatic nitrogens is 1. The van der Waals surface area contributed by atoms with Gasteiger partial charge < -0.3 is 25.2 Å². The van der Waals surface area contributed by atoms with Crippen LogP contribution in [0.4, 0.5) is 0 Å². The molecule has 1 aromatic heterocycles. The normalized spacial score (nSPS) is 16.0. The van der Waals surface area contributed by atoms with Gasteiger partial charge in [0.2, 0.25) is 0 Å². The number of carboxylic acid groups (broad SMARTS) is 1. The fourth-order valence-electron chi connectivity index (χ4n) is 5.06. The highest BCUT2D eigenvalue weighted by molar-refractivity contribution is 6.32. The number of carbonyl (C=O) groups is 2. The number of hydrogen-bond acceptors (Lipinski definition) is 6. The van der Waals surface area contributed by atoms with Crippen molar-refractivity contribution in [2.45, 2.75) is 52.0 Å². The lowest BCUT2D eigenvalue weighted by Gasteiger charge is -2.19. The van der Waals surface area contributed by atoms with Gasteiger partial charge in [0, 0.05) is 42.7 Å². The first kappa shape index (κ1) is 30.1. The second kappa shape index (κ2) is 14.2. The molecule has 3 aromatic carbocycles. The van der Waals surface area contributed by atoms with Crippen LogP contribution >= 0.6 is 11.6 Å². The molecule has 9 heteroatoms. The molecule has 4 aromatic rings. The van der Waals surface area contributed by atoms with Crippen molar-refractivity contribution in [2.75, 3.05) is 6.54 Å². The van der Waals surface area contributed by atoms with Crippen LogP contribution < -0.4 is 20.1 Å². The number of rotatable bonds is 5. The number of aliphatic carboxylic acids is 1. The van der Waals surface area contributed by atoms with E-state index in [2.05, 4.69) is 40.7 Å². The third-order valence-electron chi connectivity index (χ3n) is 7.52. The van der Waals surface area contributed by atoms with Crippen LogP contribution in [-0.4, -0.2) is 34.6 Å². The predicted octanol–water partition coefficient (Wildman–Crippen LogP) is 6.32. The van der Waals surface area contributed by atoms with Crippen LogP contribution in [0.5, 0.6) is 11.5 Å². The predicted molar refractivity (Wildman–Crippen MR) is 165 cm³/mol. The molecule has 1 atom stereocenters. The van der Waals surface area contributed by atoms with Gasteiger partial charge in [0.15, 0.2) is 0 Å². The first-order valence-electron chi connectivity index (χ1n) is 14.3. The van der Waals surface area contributed by atoms with Crippen molar-refractivity contribution < 1.29 is 24.2 Å². The van der Waals surface area contributed by atoms with Gasteiger partial charge in [-0.2, -0.15) is 0 Å². The van der Waals surface area contributed by atoms with E-state index in [9.17, 15) is 14.7 Å². The Kier molecular flexibility index (Phi) is 9.92. The van der Waals surface area contributed by atoms with Gasteiger partial charge in [-0.05, 0) is 60.6 Å². The number of carboxylic acids is 1. The Morgan fingerprint density at radius 3 is 2.72 bits per heavy atom. The second-order valence-electron chi connectivity index (χ2n) is 10.5. The van der Waals surface area contributed by atoms with Gasteiger partial charge >= 0.3 is 5.97 Å². The van der Waals surface area contributed by atoms with Crippen LogP contribution in [0.2, 0.25) is 5.02 Å². The molecule has 0 unspecified atom stereocenters. The quantitative estimate of drug-likeness (QED) is 0.246. The molecule has 1 aliphatic heterocycles. The smallest absolute Gasteiger partial charge is 0.320 e. The number of nitrogens with one attached hydrogen (secondary N) is 2. The Morgan fingerprint density at radius 2 is 1.91 bits per heavy atom. The maximum Gasteiger partial charge on any atom is 0.320 e. The molecule has 0 aliphatic carbocycles. The molecule has 2 heterocycles. The molecular formula is C34H34ClN3O5. The first-order valence-corrected chi connectivity index (χ1v) is 14.7. The topological polar surface area (TPSA) is 110 Å².